The first-order valence-corrected chi connectivity index (χ1v) is 7.06. The fraction of sp³-hybridized carbons (Fsp3) is 0.200. The van der Waals surface area contributed by atoms with Gasteiger partial charge in [-0.2, -0.15) is 0 Å². The number of hydrogen-bond donors (Lipinski definition) is 0. The van der Waals surface area contributed by atoms with Gasteiger partial charge in [0.05, 0.1) is 10.7 Å². The first-order chi connectivity index (χ1) is 9.19. The molecule has 2 heterocycles. The molecule has 0 radical (unpaired) electrons. The molecule has 0 N–H and O–H groups in total. The monoisotopic (exact) mass is 270 g/mol. The molecule has 3 nitrogen and oxygen atoms in total. The third kappa shape index (κ3) is 2.08. The molecule has 0 bridgehead atoms. The number of hydrogen-bond acceptors (Lipinski definition) is 3. The summed E-state index contributed by atoms with van der Waals surface area (Å²) in [5, 5.41) is 3.14. The molecule has 1 aromatic carbocycles. The van der Waals surface area contributed by atoms with Crippen LogP contribution in [-0.2, 0) is 11.2 Å². The topological polar surface area (TPSA) is 33.2 Å². The maximum absolute atomic E-state index is 11.7. The van der Waals surface area contributed by atoms with Crippen molar-refractivity contribution in [2.75, 3.05) is 11.4 Å². The molecule has 1 amide bonds. The summed E-state index contributed by atoms with van der Waals surface area (Å²) >= 11 is 1.65. The number of aryl methyl sites for hydroxylation is 1. The number of carbonyl (C=O) groups is 1. The van der Waals surface area contributed by atoms with Gasteiger partial charge in [-0.1, -0.05) is 12.6 Å². The largest absolute Gasteiger partial charge is 0.308 e. The molecule has 1 aromatic heterocycles. The van der Waals surface area contributed by atoms with E-state index in [1.54, 1.807) is 16.2 Å². The third-order valence-corrected chi connectivity index (χ3v) is 4.10. The van der Waals surface area contributed by atoms with Crippen LogP contribution >= 0.6 is 11.3 Å². The molecular formula is C15H14N2OS. The van der Waals surface area contributed by atoms with E-state index in [1.807, 2.05) is 19.1 Å². The summed E-state index contributed by atoms with van der Waals surface area (Å²) in [6.45, 7) is 6.29. The van der Waals surface area contributed by atoms with E-state index >= 15 is 0 Å². The zero-order chi connectivity index (χ0) is 13.4. The van der Waals surface area contributed by atoms with Crippen LogP contribution in [0, 0.1) is 6.92 Å². The van der Waals surface area contributed by atoms with Crippen molar-refractivity contribution in [1.29, 1.82) is 0 Å². The fourth-order valence-corrected chi connectivity index (χ4v) is 3.02. The van der Waals surface area contributed by atoms with Crippen LogP contribution in [0.4, 0.5) is 5.69 Å². The highest BCUT2D eigenvalue weighted by Crippen LogP contribution is 2.32. The number of fused-ring (bicyclic) bond motifs is 1. The first-order valence-electron chi connectivity index (χ1n) is 6.18. The fourth-order valence-electron chi connectivity index (χ4n) is 2.40. The SMILES string of the molecule is C=CC(=O)N1CCc2cc(-c3csc(C)n3)ccc21. The molecular weight excluding hydrogens is 256 g/mol. The highest BCUT2D eigenvalue weighted by molar-refractivity contribution is 7.09. The Morgan fingerprint density at radius 1 is 1.53 bits per heavy atom. The lowest BCUT2D eigenvalue weighted by Crippen LogP contribution is -2.26. The van der Waals surface area contributed by atoms with Crippen molar-refractivity contribution in [2.45, 2.75) is 13.3 Å². The number of benzene rings is 1. The molecule has 96 valence electrons. The summed E-state index contributed by atoms with van der Waals surface area (Å²) < 4.78 is 0. The van der Waals surface area contributed by atoms with Gasteiger partial charge in [-0.15, -0.1) is 11.3 Å². The van der Waals surface area contributed by atoms with E-state index in [9.17, 15) is 4.79 Å². The highest BCUT2D eigenvalue weighted by Gasteiger charge is 2.23. The van der Waals surface area contributed by atoms with Crippen LogP contribution in [0.1, 0.15) is 10.6 Å². The minimum absolute atomic E-state index is 0.0315. The molecule has 0 saturated heterocycles. The molecule has 0 unspecified atom stereocenters. The van der Waals surface area contributed by atoms with E-state index in [0.717, 1.165) is 34.9 Å². The van der Waals surface area contributed by atoms with Gasteiger partial charge in [0.25, 0.3) is 0 Å². The van der Waals surface area contributed by atoms with Crippen molar-refractivity contribution in [3.8, 4) is 11.3 Å². The summed E-state index contributed by atoms with van der Waals surface area (Å²) in [5.41, 5.74) is 4.34. The van der Waals surface area contributed by atoms with Crippen LogP contribution in [0.25, 0.3) is 11.3 Å². The van der Waals surface area contributed by atoms with Gasteiger partial charge in [0, 0.05) is 23.2 Å². The van der Waals surface area contributed by atoms with Crippen LogP contribution in [0.5, 0.6) is 0 Å². The van der Waals surface area contributed by atoms with E-state index < -0.39 is 0 Å². The summed E-state index contributed by atoms with van der Waals surface area (Å²) in [5.74, 6) is -0.0315. The molecule has 4 heteroatoms. The van der Waals surface area contributed by atoms with E-state index in [-0.39, 0.29) is 5.91 Å². The van der Waals surface area contributed by atoms with Crippen LogP contribution < -0.4 is 4.90 Å². The summed E-state index contributed by atoms with van der Waals surface area (Å²) in [6, 6.07) is 6.18. The summed E-state index contributed by atoms with van der Waals surface area (Å²) in [6.07, 6.45) is 2.26. The average molecular weight is 270 g/mol. The molecule has 2 aromatic rings. The molecule has 1 aliphatic rings. The predicted octanol–water partition coefficient (Wildman–Crippen LogP) is 3.19. The van der Waals surface area contributed by atoms with Gasteiger partial charge >= 0.3 is 0 Å². The predicted molar refractivity (Wildman–Crippen MR) is 78.5 cm³/mol. The van der Waals surface area contributed by atoms with Crippen molar-refractivity contribution in [2.24, 2.45) is 0 Å². The lowest BCUT2D eigenvalue weighted by Gasteiger charge is -2.14. The Morgan fingerprint density at radius 3 is 3.05 bits per heavy atom. The van der Waals surface area contributed by atoms with E-state index in [2.05, 4.69) is 23.0 Å². The van der Waals surface area contributed by atoms with Gasteiger partial charge < -0.3 is 4.90 Å². The average Bonchev–Trinajstić information content (AvgIpc) is 3.03. The van der Waals surface area contributed by atoms with Gasteiger partial charge in [-0.05, 0) is 37.1 Å². The van der Waals surface area contributed by atoms with Gasteiger partial charge in [-0.3, -0.25) is 4.79 Å². The van der Waals surface area contributed by atoms with Crippen LogP contribution in [-0.4, -0.2) is 17.4 Å². The zero-order valence-electron chi connectivity index (χ0n) is 10.7. The van der Waals surface area contributed by atoms with Crippen molar-refractivity contribution in [3.05, 3.63) is 46.8 Å². The Bertz CT molecular complexity index is 660. The van der Waals surface area contributed by atoms with Gasteiger partial charge in [-0.25, -0.2) is 4.98 Å². The second-order valence-electron chi connectivity index (χ2n) is 4.54. The van der Waals surface area contributed by atoms with Crippen molar-refractivity contribution >= 4 is 22.9 Å². The maximum atomic E-state index is 11.7. The molecule has 0 atom stereocenters. The second-order valence-corrected chi connectivity index (χ2v) is 5.60. The number of nitrogens with zero attached hydrogens (tertiary/aromatic N) is 2. The van der Waals surface area contributed by atoms with Crippen molar-refractivity contribution < 1.29 is 4.79 Å². The number of thiazole rings is 1. The van der Waals surface area contributed by atoms with E-state index in [0.29, 0.717) is 0 Å². The minimum atomic E-state index is -0.0315. The zero-order valence-corrected chi connectivity index (χ0v) is 11.5. The van der Waals surface area contributed by atoms with Gasteiger partial charge in [0.15, 0.2) is 0 Å². The maximum Gasteiger partial charge on any atom is 0.250 e. The molecule has 0 fully saturated rings. The molecule has 0 saturated carbocycles. The van der Waals surface area contributed by atoms with E-state index in [1.165, 1.54) is 11.6 Å². The number of amides is 1. The Morgan fingerprint density at radius 2 is 2.37 bits per heavy atom. The quantitative estimate of drug-likeness (QED) is 0.785. The normalized spacial score (nSPS) is 13.4. The molecule has 19 heavy (non-hydrogen) atoms. The molecule has 3 rings (SSSR count). The second kappa shape index (κ2) is 4.63. The number of anilines is 1. The van der Waals surface area contributed by atoms with Gasteiger partial charge in [0.2, 0.25) is 5.91 Å². The molecule has 0 aliphatic carbocycles. The highest BCUT2D eigenvalue weighted by atomic mass is 32.1. The smallest absolute Gasteiger partial charge is 0.250 e. The van der Waals surface area contributed by atoms with Crippen molar-refractivity contribution in [3.63, 3.8) is 0 Å². The standard InChI is InChI=1S/C15H14N2OS/c1-3-15(18)17-7-6-12-8-11(4-5-14(12)17)13-9-19-10(2)16-13/h3-5,8-9H,1,6-7H2,2H3. The van der Waals surface area contributed by atoms with Gasteiger partial charge in [0.1, 0.15) is 0 Å². The van der Waals surface area contributed by atoms with E-state index in [4.69, 9.17) is 0 Å². The Balaban J connectivity index is 1.98. The Kier molecular flexibility index (Phi) is 2.95. The molecule has 0 spiro atoms. The number of rotatable bonds is 2. The summed E-state index contributed by atoms with van der Waals surface area (Å²) in [4.78, 5) is 18.0. The summed E-state index contributed by atoms with van der Waals surface area (Å²) in [7, 11) is 0. The number of carbonyl (C=O) groups excluding carboxylic acids is 1. The Labute approximate surface area is 116 Å². The van der Waals surface area contributed by atoms with Crippen LogP contribution in [0.15, 0.2) is 36.2 Å². The first kappa shape index (κ1) is 12.1. The van der Waals surface area contributed by atoms with Crippen LogP contribution in [0.2, 0.25) is 0 Å². The third-order valence-electron chi connectivity index (χ3n) is 3.33. The Hall–Kier alpha value is -1.94. The van der Waals surface area contributed by atoms with Crippen molar-refractivity contribution in [1.82, 2.24) is 4.98 Å². The van der Waals surface area contributed by atoms with Crippen LogP contribution in [0.3, 0.4) is 0 Å². The minimum Gasteiger partial charge on any atom is -0.308 e. The number of aromatic nitrogens is 1. The lowest BCUT2D eigenvalue weighted by molar-refractivity contribution is -0.114. The molecule has 1 aliphatic heterocycles. The lowest BCUT2D eigenvalue weighted by atomic mass is 10.1.